The van der Waals surface area contributed by atoms with Crippen molar-refractivity contribution in [1.29, 1.82) is 0 Å². The van der Waals surface area contributed by atoms with Crippen molar-refractivity contribution in [3.8, 4) is 0 Å². The number of hydrogen-bond acceptors (Lipinski definition) is 1. The van der Waals surface area contributed by atoms with E-state index in [0.29, 0.717) is 0 Å². The molecule has 2 nitrogen and oxygen atoms in total. The zero-order valence-corrected chi connectivity index (χ0v) is 12.8. The van der Waals surface area contributed by atoms with Gasteiger partial charge in [0, 0.05) is 6.92 Å². The molecule has 0 saturated carbocycles. The van der Waals surface area contributed by atoms with Crippen molar-refractivity contribution in [2.24, 2.45) is 0 Å². The Bertz CT molecular complexity index is 607. The number of carbonyl (C=O) groups is 1. The van der Waals surface area contributed by atoms with Crippen molar-refractivity contribution in [2.75, 3.05) is 4.90 Å². The molecule has 2 rings (SSSR count). The maximum absolute atomic E-state index is 12.1. The lowest BCUT2D eigenvalue weighted by Gasteiger charge is -2.25. The molecule has 20 heavy (non-hydrogen) atoms. The topological polar surface area (TPSA) is 20.3 Å². The van der Waals surface area contributed by atoms with Gasteiger partial charge in [-0.25, -0.2) is 0 Å². The van der Waals surface area contributed by atoms with Crippen LogP contribution >= 0.6 is 0 Å². The van der Waals surface area contributed by atoms with E-state index in [9.17, 15) is 4.79 Å². The minimum Gasteiger partial charge on any atom is -0.281 e. The van der Waals surface area contributed by atoms with E-state index in [2.05, 4.69) is 26.0 Å². The second-order valence-electron chi connectivity index (χ2n) is 5.43. The fourth-order valence-electron chi connectivity index (χ4n) is 2.58. The van der Waals surface area contributed by atoms with Crippen molar-refractivity contribution in [3.63, 3.8) is 0 Å². The lowest BCUT2D eigenvalue weighted by Crippen LogP contribution is -2.24. The van der Waals surface area contributed by atoms with Crippen molar-refractivity contribution in [2.45, 2.75) is 34.6 Å². The molecule has 2 heteroatoms. The SMILES string of the molecule is CC(=O)N(c1ccc(C)cc1C)c1ccc(C)cc1C. The minimum absolute atomic E-state index is 0.0314. The molecule has 0 spiro atoms. The summed E-state index contributed by atoms with van der Waals surface area (Å²) in [6.45, 7) is 9.82. The third kappa shape index (κ3) is 2.74. The van der Waals surface area contributed by atoms with E-state index in [0.717, 1.165) is 22.5 Å². The highest BCUT2D eigenvalue weighted by Gasteiger charge is 2.17. The summed E-state index contributed by atoms with van der Waals surface area (Å²) < 4.78 is 0. The van der Waals surface area contributed by atoms with Crippen LogP contribution in [0.15, 0.2) is 36.4 Å². The lowest BCUT2D eigenvalue weighted by atomic mass is 10.1. The monoisotopic (exact) mass is 267 g/mol. The summed E-state index contributed by atoms with van der Waals surface area (Å²) in [5, 5.41) is 0. The second-order valence-corrected chi connectivity index (χ2v) is 5.43. The van der Waals surface area contributed by atoms with E-state index < -0.39 is 0 Å². The van der Waals surface area contributed by atoms with Crippen LogP contribution in [0.25, 0.3) is 0 Å². The van der Waals surface area contributed by atoms with Gasteiger partial charge in [-0.15, -0.1) is 0 Å². The van der Waals surface area contributed by atoms with Crippen LogP contribution in [0, 0.1) is 27.7 Å². The number of rotatable bonds is 2. The van der Waals surface area contributed by atoms with Crippen LogP contribution in [0.3, 0.4) is 0 Å². The Labute approximate surface area is 121 Å². The summed E-state index contributed by atoms with van der Waals surface area (Å²) in [5.41, 5.74) is 6.54. The van der Waals surface area contributed by atoms with Crippen molar-refractivity contribution < 1.29 is 4.79 Å². The molecule has 104 valence electrons. The van der Waals surface area contributed by atoms with Gasteiger partial charge in [0.25, 0.3) is 0 Å². The number of hydrogen-bond donors (Lipinski definition) is 0. The molecule has 0 fully saturated rings. The molecule has 0 aliphatic carbocycles. The van der Waals surface area contributed by atoms with Gasteiger partial charge < -0.3 is 0 Å². The molecule has 0 aromatic heterocycles. The Hall–Kier alpha value is -2.09. The van der Waals surface area contributed by atoms with Gasteiger partial charge in [-0.3, -0.25) is 9.69 Å². The van der Waals surface area contributed by atoms with Gasteiger partial charge in [-0.2, -0.15) is 0 Å². The largest absolute Gasteiger partial charge is 0.281 e. The number of amides is 1. The zero-order valence-electron chi connectivity index (χ0n) is 12.8. The Morgan fingerprint density at radius 3 is 1.50 bits per heavy atom. The van der Waals surface area contributed by atoms with Crippen LogP contribution in [-0.4, -0.2) is 5.91 Å². The molecule has 0 N–H and O–H groups in total. The van der Waals surface area contributed by atoms with E-state index >= 15 is 0 Å². The van der Waals surface area contributed by atoms with E-state index in [1.54, 1.807) is 11.8 Å². The Kier molecular flexibility index (Phi) is 3.93. The molecule has 0 heterocycles. The van der Waals surface area contributed by atoms with Crippen molar-refractivity contribution >= 4 is 17.3 Å². The van der Waals surface area contributed by atoms with Gasteiger partial charge in [0.15, 0.2) is 0 Å². The number of aryl methyl sites for hydroxylation is 4. The Morgan fingerprint density at radius 1 is 0.800 bits per heavy atom. The standard InChI is InChI=1S/C18H21NO/c1-12-6-8-17(14(3)10-12)19(16(5)20)18-9-7-13(2)11-15(18)4/h6-11H,1-5H3. The molecule has 0 atom stereocenters. The average Bonchev–Trinajstić information content (AvgIpc) is 2.34. The van der Waals surface area contributed by atoms with Crippen LogP contribution in [0.4, 0.5) is 11.4 Å². The zero-order chi connectivity index (χ0) is 14.9. The molecular formula is C18H21NO. The molecule has 0 bridgehead atoms. The first-order chi connectivity index (χ1) is 9.40. The molecular weight excluding hydrogens is 246 g/mol. The number of carbonyl (C=O) groups excluding carboxylic acids is 1. The predicted molar refractivity (Wildman–Crippen MR) is 84.7 cm³/mol. The fourth-order valence-corrected chi connectivity index (χ4v) is 2.58. The summed E-state index contributed by atoms with van der Waals surface area (Å²) >= 11 is 0. The highest BCUT2D eigenvalue weighted by Crippen LogP contribution is 2.31. The number of anilines is 2. The molecule has 0 aliphatic rings. The quantitative estimate of drug-likeness (QED) is 0.778. The summed E-state index contributed by atoms with van der Waals surface area (Å²) in [7, 11) is 0. The first-order valence-corrected chi connectivity index (χ1v) is 6.85. The Balaban J connectivity index is 2.59. The van der Waals surface area contributed by atoms with Crippen LogP contribution in [0.2, 0.25) is 0 Å². The van der Waals surface area contributed by atoms with Gasteiger partial charge in [0.1, 0.15) is 0 Å². The molecule has 1 amide bonds. The Morgan fingerprint density at radius 2 is 1.20 bits per heavy atom. The van der Waals surface area contributed by atoms with Gasteiger partial charge in [-0.1, -0.05) is 35.4 Å². The van der Waals surface area contributed by atoms with Crippen molar-refractivity contribution in [3.05, 3.63) is 58.7 Å². The van der Waals surface area contributed by atoms with E-state index in [1.807, 2.05) is 38.1 Å². The summed E-state index contributed by atoms with van der Waals surface area (Å²) in [4.78, 5) is 13.9. The lowest BCUT2D eigenvalue weighted by molar-refractivity contribution is -0.115. The highest BCUT2D eigenvalue weighted by molar-refractivity contribution is 6.00. The second kappa shape index (κ2) is 5.49. The van der Waals surface area contributed by atoms with Crippen LogP contribution < -0.4 is 4.90 Å². The van der Waals surface area contributed by atoms with Crippen LogP contribution in [-0.2, 0) is 4.79 Å². The maximum atomic E-state index is 12.1. The fraction of sp³-hybridized carbons (Fsp3) is 0.278. The molecule has 2 aromatic carbocycles. The third-order valence-corrected chi connectivity index (χ3v) is 3.50. The van der Waals surface area contributed by atoms with E-state index in [4.69, 9.17) is 0 Å². The number of benzene rings is 2. The van der Waals surface area contributed by atoms with Gasteiger partial charge >= 0.3 is 0 Å². The molecule has 0 radical (unpaired) electrons. The average molecular weight is 267 g/mol. The predicted octanol–water partition coefficient (Wildman–Crippen LogP) is 4.60. The number of nitrogens with zero attached hydrogens (tertiary/aromatic N) is 1. The summed E-state index contributed by atoms with van der Waals surface area (Å²) in [5.74, 6) is 0.0314. The first kappa shape index (κ1) is 14.3. The van der Waals surface area contributed by atoms with E-state index in [1.165, 1.54) is 11.1 Å². The van der Waals surface area contributed by atoms with Gasteiger partial charge in [0.2, 0.25) is 5.91 Å². The third-order valence-electron chi connectivity index (χ3n) is 3.50. The maximum Gasteiger partial charge on any atom is 0.228 e. The summed E-state index contributed by atoms with van der Waals surface area (Å²) in [6.07, 6.45) is 0. The molecule has 0 aliphatic heterocycles. The van der Waals surface area contributed by atoms with Gasteiger partial charge in [0.05, 0.1) is 11.4 Å². The molecule has 0 saturated heterocycles. The molecule has 0 unspecified atom stereocenters. The minimum atomic E-state index is 0.0314. The molecule has 2 aromatic rings. The highest BCUT2D eigenvalue weighted by atomic mass is 16.2. The smallest absolute Gasteiger partial charge is 0.228 e. The summed E-state index contributed by atoms with van der Waals surface area (Å²) in [6, 6.07) is 12.3. The van der Waals surface area contributed by atoms with Gasteiger partial charge in [-0.05, 0) is 51.0 Å². The van der Waals surface area contributed by atoms with E-state index in [-0.39, 0.29) is 5.91 Å². The first-order valence-electron chi connectivity index (χ1n) is 6.85. The van der Waals surface area contributed by atoms with Crippen LogP contribution in [0.1, 0.15) is 29.2 Å². The normalized spacial score (nSPS) is 10.4. The van der Waals surface area contributed by atoms with Crippen molar-refractivity contribution in [1.82, 2.24) is 0 Å². The van der Waals surface area contributed by atoms with Crippen LogP contribution in [0.5, 0.6) is 0 Å².